The van der Waals surface area contributed by atoms with Gasteiger partial charge in [0.2, 0.25) is 0 Å². The normalized spacial score (nSPS) is 10.4. The molecule has 0 saturated carbocycles. The molecule has 100 valence electrons. The Kier molecular flexibility index (Phi) is 4.34. The van der Waals surface area contributed by atoms with Gasteiger partial charge < -0.3 is 4.74 Å². The van der Waals surface area contributed by atoms with E-state index in [1.54, 1.807) is 6.07 Å². The summed E-state index contributed by atoms with van der Waals surface area (Å²) in [5.41, 5.74) is 3.32. The van der Waals surface area contributed by atoms with Crippen molar-refractivity contribution < 1.29 is 9.53 Å². The SMILES string of the molecule is CCCCOC(=O)c1cc(-c2ccc(C)cc2)n[nH]1. The van der Waals surface area contributed by atoms with Crippen LogP contribution in [-0.4, -0.2) is 22.8 Å². The van der Waals surface area contributed by atoms with Crippen LogP contribution in [0.4, 0.5) is 0 Å². The van der Waals surface area contributed by atoms with E-state index in [0.717, 1.165) is 24.1 Å². The quantitative estimate of drug-likeness (QED) is 0.661. The maximum atomic E-state index is 11.7. The van der Waals surface area contributed by atoms with E-state index in [1.807, 2.05) is 31.2 Å². The number of rotatable bonds is 5. The number of benzene rings is 1. The molecule has 1 N–H and O–H groups in total. The first kappa shape index (κ1) is 13.3. The van der Waals surface area contributed by atoms with Gasteiger partial charge in [-0.3, -0.25) is 5.10 Å². The summed E-state index contributed by atoms with van der Waals surface area (Å²) in [5.74, 6) is -0.348. The molecule has 0 atom stereocenters. The fourth-order valence-corrected chi connectivity index (χ4v) is 1.69. The van der Waals surface area contributed by atoms with Crippen LogP contribution in [0, 0.1) is 6.92 Å². The van der Waals surface area contributed by atoms with E-state index in [2.05, 4.69) is 17.1 Å². The molecule has 19 heavy (non-hydrogen) atoms. The summed E-state index contributed by atoms with van der Waals surface area (Å²) < 4.78 is 5.13. The fraction of sp³-hybridized carbons (Fsp3) is 0.333. The van der Waals surface area contributed by atoms with E-state index in [4.69, 9.17) is 4.74 Å². The van der Waals surface area contributed by atoms with Crippen molar-refractivity contribution in [3.63, 3.8) is 0 Å². The standard InChI is InChI=1S/C15H18N2O2/c1-3-4-9-19-15(18)14-10-13(16-17-14)12-7-5-11(2)6-8-12/h5-8,10H,3-4,9H2,1-2H3,(H,16,17). The molecule has 4 nitrogen and oxygen atoms in total. The van der Waals surface area contributed by atoms with Crippen LogP contribution in [0.2, 0.25) is 0 Å². The Balaban J connectivity index is 2.06. The van der Waals surface area contributed by atoms with Gasteiger partial charge in [-0.05, 0) is 19.4 Å². The smallest absolute Gasteiger partial charge is 0.356 e. The zero-order valence-electron chi connectivity index (χ0n) is 11.3. The van der Waals surface area contributed by atoms with Gasteiger partial charge in [0.05, 0.1) is 12.3 Å². The zero-order valence-corrected chi connectivity index (χ0v) is 11.3. The highest BCUT2D eigenvalue weighted by atomic mass is 16.5. The van der Waals surface area contributed by atoms with E-state index in [0.29, 0.717) is 12.3 Å². The molecule has 0 aliphatic heterocycles. The zero-order chi connectivity index (χ0) is 13.7. The maximum absolute atomic E-state index is 11.7. The highest BCUT2D eigenvalue weighted by Gasteiger charge is 2.11. The van der Waals surface area contributed by atoms with Crippen molar-refractivity contribution in [2.75, 3.05) is 6.61 Å². The Morgan fingerprint density at radius 1 is 1.32 bits per heavy atom. The summed E-state index contributed by atoms with van der Waals surface area (Å²) in [7, 11) is 0. The lowest BCUT2D eigenvalue weighted by molar-refractivity contribution is 0.0493. The Morgan fingerprint density at radius 3 is 2.74 bits per heavy atom. The number of aromatic nitrogens is 2. The Morgan fingerprint density at radius 2 is 2.05 bits per heavy atom. The number of H-pyrrole nitrogens is 1. The number of hydrogen-bond donors (Lipinski definition) is 1. The monoisotopic (exact) mass is 258 g/mol. The van der Waals surface area contributed by atoms with Gasteiger partial charge in [0.15, 0.2) is 0 Å². The lowest BCUT2D eigenvalue weighted by Gasteiger charge is -2.00. The van der Waals surface area contributed by atoms with Crippen molar-refractivity contribution in [1.82, 2.24) is 10.2 Å². The van der Waals surface area contributed by atoms with Gasteiger partial charge >= 0.3 is 5.97 Å². The number of hydrogen-bond acceptors (Lipinski definition) is 3. The van der Waals surface area contributed by atoms with Crippen molar-refractivity contribution in [2.24, 2.45) is 0 Å². The number of carbonyl (C=O) groups excluding carboxylic acids is 1. The number of esters is 1. The molecule has 1 aromatic carbocycles. The molecule has 0 bridgehead atoms. The number of aryl methyl sites for hydroxylation is 1. The maximum Gasteiger partial charge on any atom is 0.356 e. The largest absolute Gasteiger partial charge is 0.461 e. The van der Waals surface area contributed by atoms with E-state index in [1.165, 1.54) is 5.56 Å². The van der Waals surface area contributed by atoms with Crippen molar-refractivity contribution in [3.05, 3.63) is 41.6 Å². The van der Waals surface area contributed by atoms with E-state index < -0.39 is 0 Å². The Bertz CT molecular complexity index is 544. The summed E-state index contributed by atoms with van der Waals surface area (Å²) in [5, 5.41) is 6.86. The lowest BCUT2D eigenvalue weighted by Crippen LogP contribution is -2.06. The first-order valence-electron chi connectivity index (χ1n) is 6.50. The summed E-state index contributed by atoms with van der Waals surface area (Å²) in [6.07, 6.45) is 1.88. The van der Waals surface area contributed by atoms with Crippen LogP contribution >= 0.6 is 0 Å². The minimum absolute atomic E-state index is 0.348. The molecule has 2 rings (SSSR count). The summed E-state index contributed by atoms with van der Waals surface area (Å²) in [6, 6.07) is 9.72. The minimum atomic E-state index is -0.348. The third-order valence-electron chi connectivity index (χ3n) is 2.88. The topological polar surface area (TPSA) is 55.0 Å². The molecule has 0 amide bonds. The van der Waals surface area contributed by atoms with Crippen LogP contribution in [0.25, 0.3) is 11.3 Å². The Labute approximate surface area is 112 Å². The van der Waals surface area contributed by atoms with Gasteiger partial charge in [-0.1, -0.05) is 43.2 Å². The lowest BCUT2D eigenvalue weighted by atomic mass is 10.1. The average Bonchev–Trinajstić information content (AvgIpc) is 2.89. The van der Waals surface area contributed by atoms with Crippen LogP contribution < -0.4 is 0 Å². The van der Waals surface area contributed by atoms with Gasteiger partial charge in [-0.2, -0.15) is 5.10 Å². The number of carbonyl (C=O) groups is 1. The van der Waals surface area contributed by atoms with Gasteiger partial charge in [0, 0.05) is 5.56 Å². The highest BCUT2D eigenvalue weighted by Crippen LogP contribution is 2.18. The molecule has 0 spiro atoms. The van der Waals surface area contributed by atoms with Crippen LogP contribution in [0.5, 0.6) is 0 Å². The molecular weight excluding hydrogens is 240 g/mol. The molecule has 0 radical (unpaired) electrons. The summed E-state index contributed by atoms with van der Waals surface area (Å²) >= 11 is 0. The number of nitrogens with zero attached hydrogens (tertiary/aromatic N) is 1. The van der Waals surface area contributed by atoms with Crippen LogP contribution in [-0.2, 0) is 4.74 Å². The molecule has 0 unspecified atom stereocenters. The van der Waals surface area contributed by atoms with Gasteiger partial charge in [0.1, 0.15) is 5.69 Å². The van der Waals surface area contributed by atoms with E-state index in [-0.39, 0.29) is 5.97 Å². The summed E-state index contributed by atoms with van der Waals surface area (Å²) in [4.78, 5) is 11.7. The van der Waals surface area contributed by atoms with Gasteiger partial charge in [-0.25, -0.2) is 4.79 Å². The van der Waals surface area contributed by atoms with Crippen LogP contribution in [0.3, 0.4) is 0 Å². The molecule has 0 saturated heterocycles. The second kappa shape index (κ2) is 6.18. The second-order valence-electron chi connectivity index (χ2n) is 4.52. The molecule has 0 aliphatic carbocycles. The predicted octanol–water partition coefficient (Wildman–Crippen LogP) is 3.34. The van der Waals surface area contributed by atoms with Crippen LogP contribution in [0.1, 0.15) is 35.8 Å². The van der Waals surface area contributed by atoms with Crippen molar-refractivity contribution in [2.45, 2.75) is 26.7 Å². The van der Waals surface area contributed by atoms with Gasteiger partial charge in [-0.15, -0.1) is 0 Å². The minimum Gasteiger partial charge on any atom is -0.461 e. The van der Waals surface area contributed by atoms with Crippen molar-refractivity contribution >= 4 is 5.97 Å². The fourth-order valence-electron chi connectivity index (χ4n) is 1.69. The number of aromatic amines is 1. The molecule has 0 fully saturated rings. The molecule has 4 heteroatoms. The third kappa shape index (κ3) is 3.44. The third-order valence-corrected chi connectivity index (χ3v) is 2.88. The van der Waals surface area contributed by atoms with Crippen molar-refractivity contribution in [1.29, 1.82) is 0 Å². The molecule has 2 aromatic rings. The van der Waals surface area contributed by atoms with Gasteiger partial charge in [0.25, 0.3) is 0 Å². The first-order chi connectivity index (χ1) is 9.20. The average molecular weight is 258 g/mol. The van der Waals surface area contributed by atoms with Crippen LogP contribution in [0.15, 0.2) is 30.3 Å². The molecule has 1 aromatic heterocycles. The molecular formula is C15H18N2O2. The predicted molar refractivity (Wildman–Crippen MR) is 74.0 cm³/mol. The van der Waals surface area contributed by atoms with Crippen molar-refractivity contribution in [3.8, 4) is 11.3 Å². The second-order valence-corrected chi connectivity index (χ2v) is 4.52. The number of nitrogens with one attached hydrogen (secondary N) is 1. The molecule has 1 heterocycles. The number of ether oxygens (including phenoxy) is 1. The number of unbranched alkanes of at least 4 members (excludes halogenated alkanes) is 1. The summed E-state index contributed by atoms with van der Waals surface area (Å²) in [6.45, 7) is 4.54. The van der Waals surface area contributed by atoms with E-state index in [9.17, 15) is 4.79 Å². The molecule has 0 aliphatic rings. The highest BCUT2D eigenvalue weighted by molar-refractivity contribution is 5.88. The Hall–Kier alpha value is -2.10. The first-order valence-corrected chi connectivity index (χ1v) is 6.50. The van der Waals surface area contributed by atoms with E-state index >= 15 is 0 Å².